The third-order valence-electron chi connectivity index (χ3n) is 5.02. The van der Waals surface area contributed by atoms with Gasteiger partial charge in [-0.25, -0.2) is 18.0 Å². The summed E-state index contributed by atoms with van der Waals surface area (Å²) >= 11 is 0. The summed E-state index contributed by atoms with van der Waals surface area (Å²) in [4.78, 5) is 12.7. The SMILES string of the molecule is COc1ccc(C(OC(=O)c2c(F)cc(F)cc2F)c2ccc(Oc3ccccc3)cc2)cc1. The normalized spacial score (nSPS) is 11.5. The van der Waals surface area contributed by atoms with E-state index in [0.717, 1.165) is 0 Å². The van der Waals surface area contributed by atoms with E-state index in [1.807, 2.05) is 30.3 Å². The summed E-state index contributed by atoms with van der Waals surface area (Å²) in [7, 11) is 1.51. The fraction of sp³-hybridized carbons (Fsp3) is 0.0741. The van der Waals surface area contributed by atoms with Crippen LogP contribution in [0.5, 0.6) is 17.2 Å². The molecule has 0 aliphatic rings. The van der Waals surface area contributed by atoms with Crippen molar-refractivity contribution in [2.24, 2.45) is 0 Å². The lowest BCUT2D eigenvalue weighted by atomic mass is 10.0. The average molecular weight is 464 g/mol. The lowest BCUT2D eigenvalue weighted by molar-refractivity contribution is 0.0366. The van der Waals surface area contributed by atoms with Gasteiger partial charge in [0, 0.05) is 12.1 Å². The van der Waals surface area contributed by atoms with E-state index < -0.39 is 35.1 Å². The van der Waals surface area contributed by atoms with Crippen LogP contribution < -0.4 is 9.47 Å². The van der Waals surface area contributed by atoms with Crippen molar-refractivity contribution in [3.8, 4) is 17.2 Å². The number of hydrogen-bond donors (Lipinski definition) is 0. The van der Waals surface area contributed by atoms with Gasteiger partial charge in [-0.05, 0) is 47.5 Å². The Morgan fingerprint density at radius 3 is 1.74 bits per heavy atom. The molecule has 34 heavy (non-hydrogen) atoms. The Morgan fingerprint density at radius 2 is 1.21 bits per heavy atom. The van der Waals surface area contributed by atoms with Gasteiger partial charge in [0.05, 0.1) is 7.11 Å². The van der Waals surface area contributed by atoms with Crippen LogP contribution >= 0.6 is 0 Å². The van der Waals surface area contributed by atoms with Gasteiger partial charge in [-0.2, -0.15) is 0 Å². The standard InChI is InChI=1S/C27H19F3O4/c1-32-20-11-7-17(8-12-20)26(34-27(31)25-23(29)15-19(28)16-24(25)30)18-9-13-22(14-10-18)33-21-5-3-2-4-6-21/h2-16,26H,1H3. The highest BCUT2D eigenvalue weighted by Crippen LogP contribution is 2.31. The Bertz CT molecular complexity index is 1250. The molecule has 1 unspecified atom stereocenters. The van der Waals surface area contributed by atoms with Crippen LogP contribution in [0.2, 0.25) is 0 Å². The van der Waals surface area contributed by atoms with Gasteiger partial charge in [0.15, 0.2) is 6.10 Å². The summed E-state index contributed by atoms with van der Waals surface area (Å²) in [5, 5.41) is 0. The topological polar surface area (TPSA) is 44.8 Å². The summed E-state index contributed by atoms with van der Waals surface area (Å²) in [5.74, 6) is -3.31. The molecule has 0 spiro atoms. The van der Waals surface area contributed by atoms with Gasteiger partial charge in [-0.1, -0.05) is 42.5 Å². The average Bonchev–Trinajstić information content (AvgIpc) is 2.83. The van der Waals surface area contributed by atoms with Crippen molar-refractivity contribution < 1.29 is 32.2 Å². The molecule has 0 heterocycles. The molecule has 0 aliphatic carbocycles. The Morgan fingerprint density at radius 1 is 0.706 bits per heavy atom. The summed E-state index contributed by atoms with van der Waals surface area (Å²) < 4.78 is 58.1. The Hall–Kier alpha value is -4.26. The highest BCUT2D eigenvalue weighted by molar-refractivity contribution is 5.90. The van der Waals surface area contributed by atoms with Gasteiger partial charge in [0.2, 0.25) is 0 Å². The minimum Gasteiger partial charge on any atom is -0.497 e. The van der Waals surface area contributed by atoms with Crippen molar-refractivity contribution >= 4 is 5.97 Å². The molecule has 0 amide bonds. The second-order valence-corrected chi connectivity index (χ2v) is 7.29. The van der Waals surface area contributed by atoms with E-state index in [1.165, 1.54) is 7.11 Å². The van der Waals surface area contributed by atoms with Crippen LogP contribution in [0.3, 0.4) is 0 Å². The van der Waals surface area contributed by atoms with Crippen molar-refractivity contribution in [1.29, 1.82) is 0 Å². The van der Waals surface area contributed by atoms with Crippen LogP contribution in [0.1, 0.15) is 27.6 Å². The zero-order chi connectivity index (χ0) is 24.1. The van der Waals surface area contributed by atoms with Crippen LogP contribution in [0.25, 0.3) is 0 Å². The smallest absolute Gasteiger partial charge is 0.345 e. The van der Waals surface area contributed by atoms with Crippen LogP contribution in [-0.2, 0) is 4.74 Å². The van der Waals surface area contributed by atoms with Gasteiger partial charge in [0.25, 0.3) is 0 Å². The first-order valence-corrected chi connectivity index (χ1v) is 10.3. The van der Waals surface area contributed by atoms with E-state index in [1.54, 1.807) is 48.5 Å². The van der Waals surface area contributed by atoms with Crippen molar-refractivity contribution in [1.82, 2.24) is 0 Å². The molecule has 4 rings (SSSR count). The summed E-state index contributed by atoms with van der Waals surface area (Å²) in [6.07, 6.45) is -1.01. The molecule has 0 N–H and O–H groups in total. The monoisotopic (exact) mass is 464 g/mol. The van der Waals surface area contributed by atoms with Crippen LogP contribution in [0.15, 0.2) is 91.0 Å². The quantitative estimate of drug-likeness (QED) is 0.281. The molecule has 4 aromatic rings. The number of carbonyl (C=O) groups is 1. The summed E-state index contributed by atoms with van der Waals surface area (Å²) in [5.41, 5.74) is 0.0969. The van der Waals surface area contributed by atoms with Crippen molar-refractivity contribution in [2.45, 2.75) is 6.10 Å². The number of carbonyl (C=O) groups excluding carboxylic acids is 1. The van der Waals surface area contributed by atoms with Gasteiger partial charge in [0.1, 0.15) is 40.3 Å². The van der Waals surface area contributed by atoms with Gasteiger partial charge in [-0.3, -0.25) is 0 Å². The molecule has 172 valence electrons. The molecule has 0 aromatic heterocycles. The maximum absolute atomic E-state index is 14.2. The van der Waals surface area contributed by atoms with Crippen LogP contribution in [-0.4, -0.2) is 13.1 Å². The third-order valence-corrected chi connectivity index (χ3v) is 5.02. The Kier molecular flexibility index (Phi) is 6.82. The largest absolute Gasteiger partial charge is 0.497 e. The highest BCUT2D eigenvalue weighted by Gasteiger charge is 2.26. The maximum Gasteiger partial charge on any atom is 0.345 e. The molecule has 0 aliphatic heterocycles. The van der Waals surface area contributed by atoms with Crippen molar-refractivity contribution in [3.05, 3.63) is 125 Å². The molecular formula is C27H19F3O4. The molecule has 4 nitrogen and oxygen atoms in total. The third kappa shape index (κ3) is 5.20. The fourth-order valence-electron chi connectivity index (χ4n) is 3.35. The Balaban J connectivity index is 1.65. The van der Waals surface area contributed by atoms with E-state index in [2.05, 4.69) is 0 Å². The predicted octanol–water partition coefficient (Wildman–Crippen LogP) is 6.85. The van der Waals surface area contributed by atoms with Crippen LogP contribution in [0.4, 0.5) is 13.2 Å². The summed E-state index contributed by atoms with van der Waals surface area (Å²) in [6.45, 7) is 0. The molecule has 7 heteroatoms. The lowest BCUT2D eigenvalue weighted by Crippen LogP contribution is -2.16. The fourth-order valence-corrected chi connectivity index (χ4v) is 3.35. The van der Waals surface area contributed by atoms with Gasteiger partial charge < -0.3 is 14.2 Å². The number of ether oxygens (including phenoxy) is 3. The number of para-hydroxylation sites is 1. The molecule has 0 saturated heterocycles. The van der Waals surface area contributed by atoms with E-state index >= 15 is 0 Å². The first-order chi connectivity index (χ1) is 16.4. The molecule has 4 aromatic carbocycles. The second-order valence-electron chi connectivity index (χ2n) is 7.29. The van der Waals surface area contributed by atoms with E-state index in [4.69, 9.17) is 14.2 Å². The zero-order valence-electron chi connectivity index (χ0n) is 18.0. The molecule has 0 saturated carbocycles. The van der Waals surface area contributed by atoms with E-state index in [-0.39, 0.29) is 0 Å². The first-order valence-electron chi connectivity index (χ1n) is 10.3. The van der Waals surface area contributed by atoms with Crippen LogP contribution in [0, 0.1) is 17.5 Å². The molecule has 1 atom stereocenters. The van der Waals surface area contributed by atoms with E-state index in [0.29, 0.717) is 40.5 Å². The minimum atomic E-state index is -1.34. The van der Waals surface area contributed by atoms with Gasteiger partial charge in [-0.15, -0.1) is 0 Å². The van der Waals surface area contributed by atoms with E-state index in [9.17, 15) is 18.0 Å². The molecule has 0 fully saturated rings. The van der Waals surface area contributed by atoms with Crippen molar-refractivity contribution in [2.75, 3.05) is 7.11 Å². The molecule has 0 radical (unpaired) electrons. The number of esters is 1. The highest BCUT2D eigenvalue weighted by atomic mass is 19.1. The molecular weight excluding hydrogens is 445 g/mol. The zero-order valence-corrected chi connectivity index (χ0v) is 18.0. The Labute approximate surface area is 194 Å². The number of halogens is 3. The molecule has 0 bridgehead atoms. The van der Waals surface area contributed by atoms with Crippen molar-refractivity contribution in [3.63, 3.8) is 0 Å². The number of hydrogen-bond acceptors (Lipinski definition) is 4. The van der Waals surface area contributed by atoms with Gasteiger partial charge >= 0.3 is 5.97 Å². The summed E-state index contributed by atoms with van der Waals surface area (Å²) in [6, 6.07) is 23.4. The first kappa shape index (κ1) is 22.9. The number of methoxy groups -OCH3 is 1. The predicted molar refractivity (Wildman–Crippen MR) is 120 cm³/mol. The second kappa shape index (κ2) is 10.1. The number of benzene rings is 4. The number of rotatable bonds is 7. The maximum atomic E-state index is 14.2. The lowest BCUT2D eigenvalue weighted by Gasteiger charge is -2.20. The minimum absolute atomic E-state index is 0.428.